The highest BCUT2D eigenvalue weighted by Gasteiger charge is 1.97. The molecule has 0 unspecified atom stereocenters. The molecule has 0 spiro atoms. The van der Waals surface area contributed by atoms with Crippen LogP contribution in [0.2, 0.25) is 0 Å². The van der Waals surface area contributed by atoms with Crippen molar-refractivity contribution in [1.29, 1.82) is 0 Å². The molecule has 2 nitrogen and oxygen atoms in total. The lowest BCUT2D eigenvalue weighted by Crippen LogP contribution is -1.94. The van der Waals surface area contributed by atoms with Gasteiger partial charge in [-0.3, -0.25) is 0 Å². The van der Waals surface area contributed by atoms with Gasteiger partial charge in [-0.05, 0) is 17.2 Å². The summed E-state index contributed by atoms with van der Waals surface area (Å²) in [6, 6.07) is 10.1. The summed E-state index contributed by atoms with van der Waals surface area (Å²) in [6.07, 6.45) is 3.41. The van der Waals surface area contributed by atoms with Gasteiger partial charge >= 0.3 is 0 Å². The van der Waals surface area contributed by atoms with Gasteiger partial charge in [0.2, 0.25) is 0 Å². The molecule has 0 fully saturated rings. The second kappa shape index (κ2) is 3.46. The molecule has 2 heteroatoms. The number of nitrogens with two attached hydrogens (primary N) is 1. The summed E-state index contributed by atoms with van der Waals surface area (Å²) in [5, 5.41) is 0. The van der Waals surface area contributed by atoms with Crippen LogP contribution in [0, 0.1) is 0 Å². The maximum Gasteiger partial charge on any atom is 0.0980 e. The Bertz CT molecular complexity index is 361. The third-order valence-electron chi connectivity index (χ3n) is 2.04. The Morgan fingerprint density at radius 3 is 2.31 bits per heavy atom. The molecule has 2 aromatic rings. The Morgan fingerprint density at radius 1 is 1.00 bits per heavy atom. The molecule has 0 amide bonds. The average Bonchev–Trinajstić information content (AvgIpc) is 2.71. The summed E-state index contributed by atoms with van der Waals surface area (Å²) in [5.41, 5.74) is 8.90. The molecule has 1 aromatic heterocycles. The van der Waals surface area contributed by atoms with Crippen LogP contribution in [0.3, 0.4) is 0 Å². The van der Waals surface area contributed by atoms with Crippen LogP contribution in [0.1, 0.15) is 5.56 Å². The predicted molar refractivity (Wildman–Crippen MR) is 52.0 cm³/mol. The lowest BCUT2D eigenvalue weighted by Gasteiger charge is -1.98. The topological polar surface area (TPSA) is 39.2 Å². The van der Waals surface area contributed by atoms with Crippen molar-refractivity contribution in [3.63, 3.8) is 0 Å². The lowest BCUT2D eigenvalue weighted by molar-refractivity contribution is 0.568. The van der Waals surface area contributed by atoms with Crippen LogP contribution in [0.25, 0.3) is 11.1 Å². The Hall–Kier alpha value is -1.54. The van der Waals surface area contributed by atoms with Gasteiger partial charge in [0, 0.05) is 12.1 Å². The molecule has 66 valence electrons. The molecule has 2 rings (SSSR count). The quantitative estimate of drug-likeness (QED) is 0.757. The smallest absolute Gasteiger partial charge is 0.0980 e. The van der Waals surface area contributed by atoms with Crippen molar-refractivity contribution in [2.45, 2.75) is 6.54 Å². The fraction of sp³-hybridized carbons (Fsp3) is 0.0909. The van der Waals surface area contributed by atoms with Gasteiger partial charge in [0.1, 0.15) is 0 Å². The van der Waals surface area contributed by atoms with Crippen LogP contribution in [-0.2, 0) is 6.54 Å². The van der Waals surface area contributed by atoms with Crippen molar-refractivity contribution in [2.24, 2.45) is 5.73 Å². The van der Waals surface area contributed by atoms with E-state index >= 15 is 0 Å². The number of rotatable bonds is 2. The van der Waals surface area contributed by atoms with Gasteiger partial charge in [0.25, 0.3) is 0 Å². The highest BCUT2D eigenvalue weighted by Crippen LogP contribution is 2.19. The molecule has 1 aromatic carbocycles. The fourth-order valence-corrected chi connectivity index (χ4v) is 1.26. The first-order valence-electron chi connectivity index (χ1n) is 4.22. The fourth-order valence-electron chi connectivity index (χ4n) is 1.26. The van der Waals surface area contributed by atoms with Crippen LogP contribution in [0.15, 0.2) is 47.3 Å². The first kappa shape index (κ1) is 8.08. The van der Waals surface area contributed by atoms with E-state index in [4.69, 9.17) is 10.2 Å². The van der Waals surface area contributed by atoms with Crippen molar-refractivity contribution in [3.05, 3.63) is 48.4 Å². The Labute approximate surface area is 77.0 Å². The summed E-state index contributed by atoms with van der Waals surface area (Å²) in [7, 11) is 0. The Morgan fingerprint density at radius 2 is 1.77 bits per heavy atom. The Kier molecular flexibility index (Phi) is 2.15. The van der Waals surface area contributed by atoms with E-state index in [1.807, 2.05) is 30.3 Å². The van der Waals surface area contributed by atoms with Gasteiger partial charge < -0.3 is 10.2 Å². The first-order valence-corrected chi connectivity index (χ1v) is 4.22. The van der Waals surface area contributed by atoms with Crippen molar-refractivity contribution in [2.75, 3.05) is 0 Å². The van der Waals surface area contributed by atoms with Crippen LogP contribution in [0.5, 0.6) is 0 Å². The number of furan rings is 1. The third kappa shape index (κ3) is 1.63. The van der Waals surface area contributed by atoms with E-state index in [0.717, 1.165) is 16.7 Å². The maximum atomic E-state index is 5.50. The van der Waals surface area contributed by atoms with Crippen molar-refractivity contribution in [3.8, 4) is 11.1 Å². The largest absolute Gasteiger partial charge is 0.472 e. The minimum absolute atomic E-state index is 0.589. The molecule has 0 saturated heterocycles. The molecule has 0 atom stereocenters. The van der Waals surface area contributed by atoms with Crippen LogP contribution < -0.4 is 5.73 Å². The summed E-state index contributed by atoms with van der Waals surface area (Å²) in [5.74, 6) is 0. The van der Waals surface area contributed by atoms with Gasteiger partial charge in [-0.25, -0.2) is 0 Å². The zero-order valence-electron chi connectivity index (χ0n) is 7.23. The van der Waals surface area contributed by atoms with E-state index < -0.39 is 0 Å². The second-order valence-corrected chi connectivity index (χ2v) is 2.91. The zero-order valence-corrected chi connectivity index (χ0v) is 7.23. The molecule has 0 saturated carbocycles. The van der Waals surface area contributed by atoms with Gasteiger partial charge in [-0.1, -0.05) is 24.3 Å². The molecule has 0 aliphatic carbocycles. The van der Waals surface area contributed by atoms with E-state index in [9.17, 15) is 0 Å². The normalized spacial score (nSPS) is 10.2. The van der Waals surface area contributed by atoms with E-state index in [1.54, 1.807) is 12.5 Å². The zero-order chi connectivity index (χ0) is 9.10. The van der Waals surface area contributed by atoms with Crippen LogP contribution >= 0.6 is 0 Å². The first-order chi connectivity index (χ1) is 6.40. The molecule has 13 heavy (non-hydrogen) atoms. The molecule has 0 radical (unpaired) electrons. The van der Waals surface area contributed by atoms with Crippen LogP contribution in [0.4, 0.5) is 0 Å². The number of hydrogen-bond acceptors (Lipinski definition) is 2. The molecule has 2 N–H and O–H groups in total. The van der Waals surface area contributed by atoms with E-state index in [2.05, 4.69) is 0 Å². The Balaban J connectivity index is 2.33. The lowest BCUT2D eigenvalue weighted by atomic mass is 10.1. The summed E-state index contributed by atoms with van der Waals surface area (Å²) < 4.78 is 5.00. The van der Waals surface area contributed by atoms with Crippen molar-refractivity contribution in [1.82, 2.24) is 0 Å². The summed E-state index contributed by atoms with van der Waals surface area (Å²) in [6.45, 7) is 0.589. The average molecular weight is 173 g/mol. The molecule has 0 aliphatic rings. The van der Waals surface area contributed by atoms with Gasteiger partial charge in [0.15, 0.2) is 0 Å². The monoisotopic (exact) mass is 173 g/mol. The number of hydrogen-bond donors (Lipinski definition) is 1. The van der Waals surface area contributed by atoms with E-state index in [1.165, 1.54) is 0 Å². The van der Waals surface area contributed by atoms with Crippen molar-refractivity contribution >= 4 is 0 Å². The predicted octanol–water partition coefficient (Wildman–Crippen LogP) is 2.41. The highest BCUT2D eigenvalue weighted by atomic mass is 16.3. The summed E-state index contributed by atoms with van der Waals surface area (Å²) >= 11 is 0. The highest BCUT2D eigenvalue weighted by molar-refractivity contribution is 5.62. The van der Waals surface area contributed by atoms with E-state index in [-0.39, 0.29) is 0 Å². The van der Waals surface area contributed by atoms with Gasteiger partial charge in [-0.15, -0.1) is 0 Å². The van der Waals surface area contributed by atoms with Gasteiger partial charge in [-0.2, -0.15) is 0 Å². The molecular weight excluding hydrogens is 162 g/mol. The molecule has 0 bridgehead atoms. The minimum atomic E-state index is 0.589. The standard InChI is InChI=1S/C11H11NO/c12-7-9-1-3-10(4-2-9)11-5-6-13-8-11/h1-6,8H,7,12H2. The third-order valence-corrected chi connectivity index (χ3v) is 2.04. The summed E-state index contributed by atoms with van der Waals surface area (Å²) in [4.78, 5) is 0. The van der Waals surface area contributed by atoms with Crippen LogP contribution in [-0.4, -0.2) is 0 Å². The maximum absolute atomic E-state index is 5.50. The molecule has 1 heterocycles. The minimum Gasteiger partial charge on any atom is -0.472 e. The van der Waals surface area contributed by atoms with Gasteiger partial charge in [0.05, 0.1) is 12.5 Å². The van der Waals surface area contributed by atoms with E-state index in [0.29, 0.717) is 6.54 Å². The SMILES string of the molecule is NCc1ccc(-c2ccoc2)cc1. The van der Waals surface area contributed by atoms with Crippen molar-refractivity contribution < 1.29 is 4.42 Å². The second-order valence-electron chi connectivity index (χ2n) is 2.91. The molecular formula is C11H11NO. The number of benzene rings is 1. The molecule has 0 aliphatic heterocycles.